The number of carbonyl (C=O) groups excluding carboxylic acids is 1. The van der Waals surface area contributed by atoms with E-state index >= 15 is 0 Å². The first kappa shape index (κ1) is 21.9. The zero-order valence-corrected chi connectivity index (χ0v) is 16.7. The molecule has 0 aliphatic heterocycles. The summed E-state index contributed by atoms with van der Waals surface area (Å²) in [5.74, 6) is 0.154. The molecule has 11 heteroatoms. The quantitative estimate of drug-likeness (QED) is 0.310. The van der Waals surface area contributed by atoms with Crippen molar-refractivity contribution < 1.29 is 19.4 Å². The number of aryl methyl sites for hydroxylation is 1. The van der Waals surface area contributed by atoms with E-state index in [2.05, 4.69) is 15.8 Å². The van der Waals surface area contributed by atoms with Crippen LogP contribution >= 0.6 is 0 Å². The van der Waals surface area contributed by atoms with Crippen molar-refractivity contribution in [2.75, 3.05) is 5.32 Å². The van der Waals surface area contributed by atoms with Crippen molar-refractivity contribution in [3.63, 3.8) is 0 Å². The van der Waals surface area contributed by atoms with Crippen LogP contribution in [0.25, 0.3) is 0 Å². The highest BCUT2D eigenvalue weighted by Crippen LogP contribution is 2.34. The molecule has 32 heavy (non-hydrogen) atoms. The SMILES string of the molecule is Cc1ccccc1NC(=O)NN=Cc1ccc(Oc2ccc([N+](=O)[O-])cc2[N+](=O)[O-])cc1. The molecule has 0 aliphatic rings. The Kier molecular flexibility index (Phi) is 6.71. The van der Waals surface area contributed by atoms with Gasteiger partial charge in [0.1, 0.15) is 5.75 Å². The molecule has 2 amide bonds. The zero-order valence-electron chi connectivity index (χ0n) is 16.7. The Bertz CT molecular complexity index is 1190. The molecular formula is C21H17N5O6. The second-order valence-corrected chi connectivity index (χ2v) is 6.48. The predicted octanol–water partition coefficient (Wildman–Crippen LogP) is 4.76. The normalized spacial score (nSPS) is 10.5. The van der Waals surface area contributed by atoms with Crippen molar-refractivity contribution in [3.8, 4) is 11.5 Å². The number of rotatable bonds is 7. The summed E-state index contributed by atoms with van der Waals surface area (Å²) in [6.07, 6.45) is 1.41. The summed E-state index contributed by atoms with van der Waals surface area (Å²) >= 11 is 0. The van der Waals surface area contributed by atoms with Crippen LogP contribution in [0.2, 0.25) is 0 Å². The molecule has 0 bridgehead atoms. The van der Waals surface area contributed by atoms with Crippen LogP contribution in [0.4, 0.5) is 21.9 Å². The van der Waals surface area contributed by atoms with E-state index in [4.69, 9.17) is 4.74 Å². The van der Waals surface area contributed by atoms with Gasteiger partial charge in [0.05, 0.1) is 22.1 Å². The van der Waals surface area contributed by atoms with Gasteiger partial charge in [-0.1, -0.05) is 18.2 Å². The molecule has 0 atom stereocenters. The number of hydrazone groups is 1. The molecular weight excluding hydrogens is 418 g/mol. The number of amides is 2. The second-order valence-electron chi connectivity index (χ2n) is 6.48. The third-order valence-corrected chi connectivity index (χ3v) is 4.23. The Morgan fingerprint density at radius 2 is 1.72 bits per heavy atom. The molecule has 2 N–H and O–H groups in total. The minimum absolute atomic E-state index is 0.128. The average molecular weight is 435 g/mol. The molecule has 3 aromatic rings. The lowest BCUT2D eigenvalue weighted by Gasteiger charge is -2.07. The number of non-ortho nitro benzene ring substituents is 1. The topological polar surface area (TPSA) is 149 Å². The second kappa shape index (κ2) is 9.80. The van der Waals surface area contributed by atoms with Crippen molar-refractivity contribution >= 4 is 29.3 Å². The summed E-state index contributed by atoms with van der Waals surface area (Å²) in [4.78, 5) is 32.4. The Balaban J connectivity index is 1.62. The maximum atomic E-state index is 11.9. The Labute approximate surface area is 181 Å². The van der Waals surface area contributed by atoms with Crippen LogP contribution in [0.5, 0.6) is 11.5 Å². The van der Waals surface area contributed by atoms with Crippen LogP contribution in [0.15, 0.2) is 71.8 Å². The maximum Gasteiger partial charge on any atom is 0.339 e. The molecule has 11 nitrogen and oxygen atoms in total. The van der Waals surface area contributed by atoms with Gasteiger partial charge < -0.3 is 10.1 Å². The highest BCUT2D eigenvalue weighted by atomic mass is 16.6. The van der Waals surface area contributed by atoms with E-state index in [0.29, 0.717) is 11.3 Å². The smallest absolute Gasteiger partial charge is 0.339 e. The summed E-state index contributed by atoms with van der Waals surface area (Å²) in [7, 11) is 0. The predicted molar refractivity (Wildman–Crippen MR) is 117 cm³/mol. The number of urea groups is 1. The van der Waals surface area contributed by atoms with Gasteiger partial charge in [0.15, 0.2) is 0 Å². The van der Waals surface area contributed by atoms with Crippen molar-refractivity contribution in [2.45, 2.75) is 6.92 Å². The maximum absolute atomic E-state index is 11.9. The minimum Gasteiger partial charge on any atom is -0.450 e. The van der Waals surface area contributed by atoms with Gasteiger partial charge in [-0.3, -0.25) is 20.2 Å². The molecule has 0 unspecified atom stereocenters. The number of hydrogen-bond donors (Lipinski definition) is 2. The van der Waals surface area contributed by atoms with E-state index in [1.54, 1.807) is 36.4 Å². The van der Waals surface area contributed by atoms with E-state index < -0.39 is 27.3 Å². The molecule has 0 saturated heterocycles. The molecule has 0 saturated carbocycles. The number of nitro benzene ring substituents is 2. The van der Waals surface area contributed by atoms with Crippen LogP contribution < -0.4 is 15.5 Å². The van der Waals surface area contributed by atoms with Gasteiger partial charge in [-0.15, -0.1) is 0 Å². The largest absolute Gasteiger partial charge is 0.450 e. The first-order valence-electron chi connectivity index (χ1n) is 9.20. The summed E-state index contributed by atoms with van der Waals surface area (Å²) in [6, 6.07) is 16.3. The van der Waals surface area contributed by atoms with Crippen LogP contribution in [-0.4, -0.2) is 22.1 Å². The monoisotopic (exact) mass is 435 g/mol. The summed E-state index contributed by atoms with van der Waals surface area (Å²) in [5, 5.41) is 28.6. The summed E-state index contributed by atoms with van der Waals surface area (Å²) < 4.78 is 5.49. The van der Waals surface area contributed by atoms with Gasteiger partial charge >= 0.3 is 11.7 Å². The van der Waals surface area contributed by atoms with E-state index in [1.165, 1.54) is 12.3 Å². The molecule has 0 radical (unpaired) electrons. The van der Waals surface area contributed by atoms with E-state index in [0.717, 1.165) is 17.7 Å². The van der Waals surface area contributed by atoms with Crippen molar-refractivity contribution in [3.05, 3.63) is 98.1 Å². The molecule has 0 heterocycles. The summed E-state index contributed by atoms with van der Waals surface area (Å²) in [5.41, 5.74) is 3.64. The molecule has 0 aliphatic carbocycles. The van der Waals surface area contributed by atoms with Gasteiger partial charge in [0.25, 0.3) is 5.69 Å². The minimum atomic E-state index is -0.753. The number of nitrogens with one attached hydrogen (secondary N) is 2. The van der Waals surface area contributed by atoms with Crippen molar-refractivity contribution in [1.29, 1.82) is 0 Å². The number of hydrogen-bond acceptors (Lipinski definition) is 7. The molecule has 3 aromatic carbocycles. The first-order valence-corrected chi connectivity index (χ1v) is 9.20. The first-order chi connectivity index (χ1) is 15.3. The molecule has 162 valence electrons. The molecule has 0 spiro atoms. The molecule has 0 aromatic heterocycles. The fourth-order valence-corrected chi connectivity index (χ4v) is 2.63. The van der Waals surface area contributed by atoms with Gasteiger partial charge in [-0.25, -0.2) is 10.2 Å². The Morgan fingerprint density at radius 1 is 1.00 bits per heavy atom. The highest BCUT2D eigenvalue weighted by molar-refractivity contribution is 5.91. The number of nitro groups is 2. The third-order valence-electron chi connectivity index (χ3n) is 4.23. The van der Waals surface area contributed by atoms with Gasteiger partial charge in [0.2, 0.25) is 5.75 Å². The van der Waals surface area contributed by atoms with Gasteiger partial charge in [-0.05, 0) is 54.4 Å². The number of anilines is 1. The number of carbonyl (C=O) groups is 1. The lowest BCUT2D eigenvalue weighted by Crippen LogP contribution is -2.24. The summed E-state index contributed by atoms with van der Waals surface area (Å²) in [6.45, 7) is 1.87. The fourth-order valence-electron chi connectivity index (χ4n) is 2.63. The van der Waals surface area contributed by atoms with E-state index in [9.17, 15) is 25.0 Å². The number of nitrogens with zero attached hydrogens (tertiary/aromatic N) is 3. The van der Waals surface area contributed by atoms with Crippen LogP contribution in [0, 0.1) is 27.2 Å². The Morgan fingerprint density at radius 3 is 2.38 bits per heavy atom. The number of benzene rings is 3. The van der Waals surface area contributed by atoms with E-state index in [1.807, 2.05) is 19.1 Å². The molecule has 3 rings (SSSR count). The highest BCUT2D eigenvalue weighted by Gasteiger charge is 2.21. The van der Waals surface area contributed by atoms with Crippen molar-refractivity contribution in [2.24, 2.45) is 5.10 Å². The van der Waals surface area contributed by atoms with Crippen LogP contribution in [0.1, 0.15) is 11.1 Å². The number of para-hydroxylation sites is 1. The van der Waals surface area contributed by atoms with Gasteiger partial charge in [-0.2, -0.15) is 5.10 Å². The zero-order chi connectivity index (χ0) is 23.1. The standard InChI is InChI=1S/C21H17N5O6/c1-14-4-2-3-5-18(14)23-21(27)24-22-13-15-6-9-17(10-7-15)32-20-11-8-16(25(28)29)12-19(20)26(30)31/h2-13H,1H3,(H2,23,24,27). The molecule has 0 fully saturated rings. The third kappa shape index (κ3) is 5.63. The average Bonchev–Trinajstić information content (AvgIpc) is 2.76. The Hall–Kier alpha value is -4.80. The van der Waals surface area contributed by atoms with E-state index in [-0.39, 0.29) is 11.5 Å². The van der Waals surface area contributed by atoms with Crippen LogP contribution in [0.3, 0.4) is 0 Å². The lowest BCUT2D eigenvalue weighted by molar-refractivity contribution is -0.394. The number of ether oxygens (including phenoxy) is 1. The van der Waals surface area contributed by atoms with Crippen molar-refractivity contribution in [1.82, 2.24) is 5.43 Å². The van der Waals surface area contributed by atoms with Crippen LogP contribution in [-0.2, 0) is 0 Å². The fraction of sp³-hybridized carbons (Fsp3) is 0.0476. The van der Waals surface area contributed by atoms with Gasteiger partial charge in [0, 0.05) is 11.8 Å². The lowest BCUT2D eigenvalue weighted by atomic mass is 10.2.